The molecule has 0 saturated carbocycles. The Morgan fingerprint density at radius 1 is 1.40 bits per heavy atom. The Morgan fingerprint density at radius 3 is 2.70 bits per heavy atom. The van der Waals surface area contributed by atoms with Crippen molar-refractivity contribution in [1.29, 1.82) is 0 Å². The molecule has 1 aromatic heterocycles. The smallest absolute Gasteiger partial charge is 0.276 e. The van der Waals surface area contributed by atoms with E-state index in [9.17, 15) is 4.79 Å². The summed E-state index contributed by atoms with van der Waals surface area (Å²) in [7, 11) is 1.54. The third-order valence-electron chi connectivity index (χ3n) is 2.94. The van der Waals surface area contributed by atoms with Gasteiger partial charge in [-0.2, -0.15) is 5.10 Å². The number of anilines is 2. The monoisotopic (exact) mass is 274 g/mol. The van der Waals surface area contributed by atoms with Crippen LogP contribution in [0.25, 0.3) is 0 Å². The van der Waals surface area contributed by atoms with Crippen molar-refractivity contribution in [1.82, 2.24) is 10.2 Å². The summed E-state index contributed by atoms with van der Waals surface area (Å²) in [5, 5.41) is 9.59. The van der Waals surface area contributed by atoms with Gasteiger partial charge >= 0.3 is 0 Å². The Kier molecular flexibility index (Phi) is 3.93. The number of amides is 1. The molecular formula is C14H18N4O2. The minimum absolute atomic E-state index is 0.280. The van der Waals surface area contributed by atoms with Crippen molar-refractivity contribution in [2.75, 3.05) is 18.2 Å². The first-order chi connectivity index (χ1) is 9.51. The lowest BCUT2D eigenvalue weighted by Crippen LogP contribution is -2.12. The summed E-state index contributed by atoms with van der Waals surface area (Å²) in [6, 6.07) is 6.82. The summed E-state index contributed by atoms with van der Waals surface area (Å²) in [6.07, 6.45) is 0. The van der Waals surface area contributed by atoms with E-state index >= 15 is 0 Å². The maximum Gasteiger partial charge on any atom is 0.276 e. The number of hydrogen-bond acceptors (Lipinski definition) is 4. The first kappa shape index (κ1) is 13.9. The largest absolute Gasteiger partial charge is 0.495 e. The molecule has 2 rings (SSSR count). The number of hydrogen-bond donors (Lipinski definition) is 3. The summed E-state index contributed by atoms with van der Waals surface area (Å²) < 4.78 is 5.06. The number of nitrogens with zero attached hydrogens (tertiary/aromatic N) is 1. The second kappa shape index (κ2) is 5.64. The van der Waals surface area contributed by atoms with Gasteiger partial charge in [0.1, 0.15) is 5.75 Å². The van der Waals surface area contributed by atoms with E-state index in [1.807, 2.05) is 13.8 Å². The molecular weight excluding hydrogens is 256 g/mol. The molecule has 0 aliphatic rings. The number of carbonyl (C=O) groups is 1. The molecule has 1 aromatic carbocycles. The predicted molar refractivity (Wildman–Crippen MR) is 78.0 cm³/mol. The number of aromatic nitrogens is 2. The zero-order chi connectivity index (χ0) is 14.7. The molecule has 0 radical (unpaired) electrons. The molecule has 0 aliphatic carbocycles. The van der Waals surface area contributed by atoms with Gasteiger partial charge in [0, 0.05) is 11.4 Å². The first-order valence-corrected chi connectivity index (χ1v) is 6.31. The maximum atomic E-state index is 12.1. The molecule has 4 N–H and O–H groups in total. The highest BCUT2D eigenvalue weighted by atomic mass is 16.5. The van der Waals surface area contributed by atoms with Crippen LogP contribution in [0.1, 0.15) is 35.9 Å². The van der Waals surface area contributed by atoms with Gasteiger partial charge in [0.2, 0.25) is 0 Å². The molecule has 0 atom stereocenters. The third kappa shape index (κ3) is 2.90. The van der Waals surface area contributed by atoms with Crippen LogP contribution < -0.4 is 15.8 Å². The first-order valence-electron chi connectivity index (χ1n) is 6.31. The standard InChI is InChI=1S/C14H18N4O2/c1-8(2)11-7-12(18-17-11)14(19)16-9-4-5-13(20-3)10(15)6-9/h4-8H,15H2,1-3H3,(H,16,19)(H,17,18). The molecule has 6 nitrogen and oxygen atoms in total. The normalized spacial score (nSPS) is 10.6. The highest BCUT2D eigenvalue weighted by Crippen LogP contribution is 2.24. The van der Waals surface area contributed by atoms with Crippen LogP contribution in [0.2, 0.25) is 0 Å². The maximum absolute atomic E-state index is 12.1. The van der Waals surface area contributed by atoms with Crippen LogP contribution in [0.15, 0.2) is 24.3 Å². The van der Waals surface area contributed by atoms with Crippen molar-refractivity contribution in [3.05, 3.63) is 35.7 Å². The van der Waals surface area contributed by atoms with E-state index in [0.29, 0.717) is 28.7 Å². The molecule has 20 heavy (non-hydrogen) atoms. The van der Waals surface area contributed by atoms with E-state index < -0.39 is 0 Å². The van der Waals surface area contributed by atoms with Crippen molar-refractivity contribution >= 4 is 17.3 Å². The Bertz CT molecular complexity index is 619. The SMILES string of the molecule is COc1ccc(NC(=O)c2cc(C(C)C)[nH]n2)cc1N. The zero-order valence-electron chi connectivity index (χ0n) is 11.7. The van der Waals surface area contributed by atoms with Crippen LogP contribution in [-0.2, 0) is 0 Å². The fourth-order valence-electron chi connectivity index (χ4n) is 1.76. The fourth-order valence-corrected chi connectivity index (χ4v) is 1.76. The van der Waals surface area contributed by atoms with Gasteiger partial charge in [-0.25, -0.2) is 0 Å². The molecule has 1 heterocycles. The average molecular weight is 274 g/mol. The molecule has 0 bridgehead atoms. The lowest BCUT2D eigenvalue weighted by atomic mass is 10.1. The number of H-pyrrole nitrogens is 1. The van der Waals surface area contributed by atoms with E-state index in [2.05, 4.69) is 15.5 Å². The van der Waals surface area contributed by atoms with Gasteiger partial charge in [0.15, 0.2) is 5.69 Å². The molecule has 0 spiro atoms. The number of rotatable bonds is 4. The summed E-state index contributed by atoms with van der Waals surface area (Å²) in [5.41, 5.74) is 8.13. The van der Waals surface area contributed by atoms with E-state index in [1.165, 1.54) is 0 Å². The predicted octanol–water partition coefficient (Wildman–Crippen LogP) is 2.38. The number of nitrogen functional groups attached to an aromatic ring is 1. The van der Waals surface area contributed by atoms with Crippen LogP contribution >= 0.6 is 0 Å². The Labute approximate surface area is 117 Å². The number of ether oxygens (including phenoxy) is 1. The summed E-state index contributed by atoms with van der Waals surface area (Å²) in [6.45, 7) is 4.05. The number of methoxy groups -OCH3 is 1. The highest BCUT2D eigenvalue weighted by Gasteiger charge is 2.12. The van der Waals surface area contributed by atoms with Gasteiger partial charge in [-0.15, -0.1) is 0 Å². The van der Waals surface area contributed by atoms with Crippen LogP contribution in [0, 0.1) is 0 Å². The van der Waals surface area contributed by atoms with Crippen molar-refractivity contribution in [3.8, 4) is 5.75 Å². The van der Waals surface area contributed by atoms with Crippen molar-refractivity contribution in [3.63, 3.8) is 0 Å². The summed E-state index contributed by atoms with van der Waals surface area (Å²) >= 11 is 0. The third-order valence-corrected chi connectivity index (χ3v) is 2.94. The van der Waals surface area contributed by atoms with Crippen molar-refractivity contribution < 1.29 is 9.53 Å². The topological polar surface area (TPSA) is 93.0 Å². The second-order valence-corrected chi connectivity index (χ2v) is 4.77. The second-order valence-electron chi connectivity index (χ2n) is 4.77. The minimum Gasteiger partial charge on any atom is -0.495 e. The molecule has 1 amide bonds. The van der Waals surface area contributed by atoms with Gasteiger partial charge in [-0.1, -0.05) is 13.8 Å². The van der Waals surface area contributed by atoms with Crippen LogP contribution in [0.5, 0.6) is 5.75 Å². The van der Waals surface area contributed by atoms with E-state index in [4.69, 9.17) is 10.5 Å². The lowest BCUT2D eigenvalue weighted by Gasteiger charge is -2.07. The summed E-state index contributed by atoms with van der Waals surface area (Å²) in [4.78, 5) is 12.1. The van der Waals surface area contributed by atoms with E-state index in [0.717, 1.165) is 5.69 Å². The van der Waals surface area contributed by atoms with Gasteiger partial charge < -0.3 is 15.8 Å². The van der Waals surface area contributed by atoms with Gasteiger partial charge in [-0.3, -0.25) is 9.89 Å². The van der Waals surface area contributed by atoms with E-state index in [-0.39, 0.29) is 5.91 Å². The van der Waals surface area contributed by atoms with Crippen LogP contribution in [0.3, 0.4) is 0 Å². The molecule has 2 aromatic rings. The zero-order valence-corrected chi connectivity index (χ0v) is 11.7. The van der Waals surface area contributed by atoms with Gasteiger partial charge in [0.05, 0.1) is 12.8 Å². The van der Waals surface area contributed by atoms with E-state index in [1.54, 1.807) is 31.4 Å². The van der Waals surface area contributed by atoms with Crippen LogP contribution in [-0.4, -0.2) is 23.2 Å². The fraction of sp³-hybridized carbons (Fsp3) is 0.286. The summed E-state index contributed by atoms with van der Waals surface area (Å²) in [5.74, 6) is 0.586. The Hall–Kier alpha value is -2.50. The quantitative estimate of drug-likeness (QED) is 0.746. The number of carbonyl (C=O) groups excluding carboxylic acids is 1. The molecule has 0 fully saturated rings. The van der Waals surface area contributed by atoms with Crippen LogP contribution in [0.4, 0.5) is 11.4 Å². The molecule has 0 aliphatic heterocycles. The Balaban J connectivity index is 2.12. The average Bonchev–Trinajstić information content (AvgIpc) is 2.88. The van der Waals surface area contributed by atoms with Crippen molar-refractivity contribution in [2.45, 2.75) is 19.8 Å². The number of nitrogens with two attached hydrogens (primary N) is 1. The highest BCUT2D eigenvalue weighted by molar-refractivity contribution is 6.03. The molecule has 6 heteroatoms. The number of aromatic amines is 1. The Morgan fingerprint density at radius 2 is 2.15 bits per heavy atom. The molecule has 0 unspecified atom stereocenters. The molecule has 106 valence electrons. The number of benzene rings is 1. The number of nitrogens with one attached hydrogen (secondary N) is 2. The van der Waals surface area contributed by atoms with Gasteiger partial charge in [-0.05, 0) is 30.2 Å². The van der Waals surface area contributed by atoms with Crippen molar-refractivity contribution in [2.24, 2.45) is 0 Å². The lowest BCUT2D eigenvalue weighted by molar-refractivity contribution is 0.102. The minimum atomic E-state index is -0.280. The molecule has 0 saturated heterocycles. The van der Waals surface area contributed by atoms with Gasteiger partial charge in [0.25, 0.3) is 5.91 Å².